The third-order valence-corrected chi connectivity index (χ3v) is 2.65. The molecule has 1 aromatic rings. The number of carboxylic acids is 2. The fourth-order valence-electron chi connectivity index (χ4n) is 1.12. The summed E-state index contributed by atoms with van der Waals surface area (Å²) in [6, 6.07) is 2.44. The fourth-order valence-corrected chi connectivity index (χ4v) is 1.72. The van der Waals surface area contributed by atoms with Crippen LogP contribution in [-0.2, 0) is 4.79 Å². The first-order valence-electron chi connectivity index (χ1n) is 4.47. The molecule has 0 aromatic heterocycles. The summed E-state index contributed by atoms with van der Waals surface area (Å²) < 4.78 is 0. The second kappa shape index (κ2) is 5.21. The monoisotopic (exact) mass is 274 g/mol. The molecule has 4 nitrogen and oxygen atoms in total. The molecule has 0 bridgehead atoms. The molecule has 0 aliphatic heterocycles. The Morgan fingerprint density at radius 2 is 1.65 bits per heavy atom. The topological polar surface area (TPSA) is 74.6 Å². The van der Waals surface area contributed by atoms with Crippen LogP contribution in [0.4, 0.5) is 0 Å². The molecule has 0 amide bonds. The van der Waals surface area contributed by atoms with Gasteiger partial charge in [-0.1, -0.05) is 23.2 Å². The van der Waals surface area contributed by atoms with Gasteiger partial charge in [0.05, 0.1) is 15.6 Å². The van der Waals surface area contributed by atoms with Gasteiger partial charge in [0.15, 0.2) is 0 Å². The summed E-state index contributed by atoms with van der Waals surface area (Å²) >= 11 is 11.7. The standard InChI is InChI=1S/C11H8Cl2O4/c1-5(10(14)15)2-7-8(12)3-6(11(16)17)4-9(7)13/h2-4H,1H3,(H,14,15)(H,16,17). The van der Waals surface area contributed by atoms with Gasteiger partial charge in [-0.15, -0.1) is 0 Å². The zero-order chi connectivity index (χ0) is 13.2. The Morgan fingerprint density at radius 3 is 2.00 bits per heavy atom. The largest absolute Gasteiger partial charge is 0.478 e. The minimum atomic E-state index is -1.15. The van der Waals surface area contributed by atoms with Crippen molar-refractivity contribution in [2.24, 2.45) is 0 Å². The number of carboxylic acid groups (broad SMARTS) is 2. The number of benzene rings is 1. The van der Waals surface area contributed by atoms with Gasteiger partial charge in [0, 0.05) is 11.1 Å². The summed E-state index contributed by atoms with van der Waals surface area (Å²) in [6.07, 6.45) is 1.29. The molecule has 0 spiro atoms. The van der Waals surface area contributed by atoms with Crippen LogP contribution < -0.4 is 0 Å². The van der Waals surface area contributed by atoms with Crippen LogP contribution >= 0.6 is 23.2 Å². The molecular formula is C11H8Cl2O4. The molecule has 0 radical (unpaired) electrons. The van der Waals surface area contributed by atoms with Crippen molar-refractivity contribution in [2.45, 2.75) is 6.92 Å². The van der Waals surface area contributed by atoms with Gasteiger partial charge < -0.3 is 10.2 Å². The van der Waals surface area contributed by atoms with Gasteiger partial charge in [0.25, 0.3) is 0 Å². The zero-order valence-corrected chi connectivity index (χ0v) is 10.2. The van der Waals surface area contributed by atoms with Crippen LogP contribution in [0.1, 0.15) is 22.8 Å². The summed E-state index contributed by atoms with van der Waals surface area (Å²) in [6.45, 7) is 1.39. The van der Waals surface area contributed by atoms with Crippen LogP contribution in [0.2, 0.25) is 10.0 Å². The lowest BCUT2D eigenvalue weighted by molar-refractivity contribution is -0.132. The number of rotatable bonds is 3. The Balaban J connectivity index is 3.33. The van der Waals surface area contributed by atoms with Crippen molar-refractivity contribution in [1.82, 2.24) is 0 Å². The van der Waals surface area contributed by atoms with Gasteiger partial charge in [-0.25, -0.2) is 9.59 Å². The molecule has 1 aromatic carbocycles. The van der Waals surface area contributed by atoms with Crippen LogP contribution in [0.5, 0.6) is 0 Å². The highest BCUT2D eigenvalue weighted by atomic mass is 35.5. The molecule has 0 saturated carbocycles. The minimum Gasteiger partial charge on any atom is -0.478 e. The Bertz CT molecular complexity index is 497. The maximum atomic E-state index is 10.7. The van der Waals surface area contributed by atoms with Crippen molar-refractivity contribution in [1.29, 1.82) is 0 Å². The van der Waals surface area contributed by atoms with E-state index in [1.165, 1.54) is 25.1 Å². The molecule has 2 N–H and O–H groups in total. The molecule has 0 atom stereocenters. The molecule has 90 valence electrons. The van der Waals surface area contributed by atoms with E-state index >= 15 is 0 Å². The van der Waals surface area contributed by atoms with Crippen molar-refractivity contribution in [3.05, 3.63) is 38.9 Å². The first-order chi connectivity index (χ1) is 7.82. The van der Waals surface area contributed by atoms with Crippen LogP contribution in [0, 0.1) is 0 Å². The van der Waals surface area contributed by atoms with Crippen molar-refractivity contribution < 1.29 is 19.8 Å². The molecule has 1 rings (SSSR count). The van der Waals surface area contributed by atoms with Crippen molar-refractivity contribution in [3.63, 3.8) is 0 Å². The predicted octanol–water partition coefficient (Wildman–Crippen LogP) is 3.18. The van der Waals surface area contributed by atoms with E-state index in [1.807, 2.05) is 0 Å². The minimum absolute atomic E-state index is 0.0508. The van der Waals surface area contributed by atoms with Gasteiger partial charge in [-0.2, -0.15) is 0 Å². The molecule has 0 heterocycles. The summed E-state index contributed by atoms with van der Waals surface area (Å²) in [4.78, 5) is 21.4. The summed E-state index contributed by atoms with van der Waals surface area (Å²) in [5.74, 6) is -2.25. The fraction of sp³-hybridized carbons (Fsp3) is 0.0909. The van der Waals surface area contributed by atoms with E-state index in [0.29, 0.717) is 5.56 Å². The van der Waals surface area contributed by atoms with Crippen LogP contribution in [0.15, 0.2) is 17.7 Å². The SMILES string of the molecule is CC(=Cc1c(Cl)cc(C(=O)O)cc1Cl)C(=O)O. The molecule has 6 heteroatoms. The second-order valence-corrected chi connectivity index (χ2v) is 4.11. The number of halogens is 2. The summed E-state index contributed by atoms with van der Waals surface area (Å²) in [5, 5.41) is 17.7. The third-order valence-electron chi connectivity index (χ3n) is 2.02. The van der Waals surface area contributed by atoms with E-state index in [0.717, 1.165) is 0 Å². The highest BCUT2D eigenvalue weighted by Gasteiger charge is 2.12. The van der Waals surface area contributed by atoms with E-state index in [9.17, 15) is 9.59 Å². The summed E-state index contributed by atoms with van der Waals surface area (Å²) in [5.41, 5.74) is 0.292. The average molecular weight is 275 g/mol. The zero-order valence-electron chi connectivity index (χ0n) is 8.70. The van der Waals surface area contributed by atoms with Gasteiger partial charge >= 0.3 is 11.9 Å². The molecule has 0 saturated heterocycles. The molecule has 17 heavy (non-hydrogen) atoms. The van der Waals surface area contributed by atoms with E-state index in [-0.39, 0.29) is 21.2 Å². The lowest BCUT2D eigenvalue weighted by Crippen LogP contribution is -1.99. The highest BCUT2D eigenvalue weighted by molar-refractivity contribution is 6.37. The number of carbonyl (C=O) groups is 2. The van der Waals surface area contributed by atoms with Crippen LogP contribution in [-0.4, -0.2) is 22.2 Å². The Morgan fingerprint density at radius 1 is 1.18 bits per heavy atom. The summed E-state index contributed by atoms with van der Waals surface area (Å²) in [7, 11) is 0. The maximum Gasteiger partial charge on any atom is 0.335 e. The van der Waals surface area contributed by atoms with Gasteiger partial charge in [0.1, 0.15) is 0 Å². The smallest absolute Gasteiger partial charge is 0.335 e. The van der Waals surface area contributed by atoms with Crippen LogP contribution in [0.3, 0.4) is 0 Å². The lowest BCUT2D eigenvalue weighted by atomic mass is 10.1. The first kappa shape index (κ1) is 13.5. The van der Waals surface area contributed by atoms with E-state index in [2.05, 4.69) is 0 Å². The van der Waals surface area contributed by atoms with Gasteiger partial charge in [-0.3, -0.25) is 0 Å². The van der Waals surface area contributed by atoms with Crippen LogP contribution in [0.25, 0.3) is 6.08 Å². The van der Waals surface area contributed by atoms with E-state index in [4.69, 9.17) is 33.4 Å². The van der Waals surface area contributed by atoms with Gasteiger partial charge in [0.2, 0.25) is 0 Å². The normalized spacial score (nSPS) is 11.4. The van der Waals surface area contributed by atoms with Crippen molar-refractivity contribution in [3.8, 4) is 0 Å². The molecule has 0 aliphatic rings. The lowest BCUT2D eigenvalue weighted by Gasteiger charge is -2.05. The number of hydrogen-bond donors (Lipinski definition) is 2. The molecule has 0 aliphatic carbocycles. The average Bonchev–Trinajstić information content (AvgIpc) is 2.22. The Kier molecular flexibility index (Phi) is 4.15. The van der Waals surface area contributed by atoms with Gasteiger partial charge in [-0.05, 0) is 25.1 Å². The maximum absolute atomic E-state index is 10.7. The number of aliphatic carboxylic acids is 1. The molecular weight excluding hydrogens is 267 g/mol. The number of aromatic carboxylic acids is 1. The molecule has 0 fully saturated rings. The Labute approximate surface area is 107 Å². The van der Waals surface area contributed by atoms with E-state index in [1.54, 1.807) is 0 Å². The quantitative estimate of drug-likeness (QED) is 0.831. The van der Waals surface area contributed by atoms with Crippen molar-refractivity contribution >= 4 is 41.2 Å². The van der Waals surface area contributed by atoms with E-state index < -0.39 is 11.9 Å². The third kappa shape index (κ3) is 3.22. The second-order valence-electron chi connectivity index (χ2n) is 3.29. The van der Waals surface area contributed by atoms with Crippen molar-refractivity contribution in [2.75, 3.05) is 0 Å². The molecule has 0 unspecified atom stereocenters. The number of hydrogen-bond acceptors (Lipinski definition) is 2. The first-order valence-corrected chi connectivity index (χ1v) is 5.22. The predicted molar refractivity (Wildman–Crippen MR) is 64.7 cm³/mol. The Hall–Kier alpha value is -1.52. The highest BCUT2D eigenvalue weighted by Crippen LogP contribution is 2.28.